The molecule has 4 rings (SSSR count). The predicted octanol–water partition coefficient (Wildman–Crippen LogP) is 6.21. The van der Waals surface area contributed by atoms with Crippen LogP contribution in [0.25, 0.3) is 11.0 Å². The van der Waals surface area contributed by atoms with E-state index < -0.39 is 0 Å². The van der Waals surface area contributed by atoms with E-state index in [-0.39, 0.29) is 0 Å². The van der Waals surface area contributed by atoms with Crippen molar-refractivity contribution in [1.82, 2.24) is 9.55 Å². The first-order valence-electron chi connectivity index (χ1n) is 10.1. The van der Waals surface area contributed by atoms with Crippen LogP contribution in [0.5, 0.6) is 5.75 Å². The lowest BCUT2D eigenvalue weighted by molar-refractivity contribution is 0.308. The molecule has 0 saturated carbocycles. The number of fused-ring (bicyclic) bond motifs is 1. The largest absolute Gasteiger partial charge is 0.487 e. The number of pyridine rings is 1. The maximum atomic E-state index is 6.30. The Balaban J connectivity index is 1.76. The first-order chi connectivity index (χ1) is 13.9. The van der Waals surface area contributed by atoms with Gasteiger partial charge in [-0.1, -0.05) is 53.6 Å². The summed E-state index contributed by atoms with van der Waals surface area (Å²) in [5.74, 6) is 0.887. The third-order valence-electron chi connectivity index (χ3n) is 5.77. The Hall–Kier alpha value is -3.07. The molecule has 3 nitrogen and oxygen atoms in total. The summed E-state index contributed by atoms with van der Waals surface area (Å²) >= 11 is 0. The van der Waals surface area contributed by atoms with E-state index in [0.717, 1.165) is 23.3 Å². The first-order valence-corrected chi connectivity index (χ1v) is 10.1. The minimum Gasteiger partial charge on any atom is -0.487 e. The van der Waals surface area contributed by atoms with Crippen LogP contribution in [-0.2, 0) is 13.2 Å². The number of benzene rings is 2. The molecule has 4 aromatic rings. The van der Waals surface area contributed by atoms with E-state index in [9.17, 15) is 0 Å². The fourth-order valence-electron chi connectivity index (χ4n) is 3.93. The number of nitrogens with zero attached hydrogens (tertiary/aromatic N) is 2. The molecule has 0 aliphatic carbocycles. The van der Waals surface area contributed by atoms with Crippen molar-refractivity contribution >= 4 is 11.0 Å². The smallest absolute Gasteiger partial charge is 0.147 e. The van der Waals surface area contributed by atoms with Gasteiger partial charge in [0.25, 0.3) is 0 Å². The fourth-order valence-corrected chi connectivity index (χ4v) is 3.93. The molecule has 0 bridgehead atoms. The molecule has 29 heavy (non-hydrogen) atoms. The molecular formula is C26H28N2O. The van der Waals surface area contributed by atoms with Crippen molar-refractivity contribution in [2.45, 2.75) is 47.8 Å². The molecular weight excluding hydrogens is 356 g/mol. The molecule has 0 radical (unpaired) electrons. The molecule has 0 unspecified atom stereocenters. The van der Waals surface area contributed by atoms with Gasteiger partial charge in [-0.3, -0.25) is 4.98 Å². The Morgan fingerprint density at radius 1 is 0.897 bits per heavy atom. The molecule has 0 fully saturated rings. The van der Waals surface area contributed by atoms with Crippen LogP contribution < -0.4 is 4.74 Å². The van der Waals surface area contributed by atoms with Crippen LogP contribution in [0, 0.1) is 34.6 Å². The van der Waals surface area contributed by atoms with Gasteiger partial charge < -0.3 is 9.30 Å². The highest BCUT2D eigenvalue weighted by Crippen LogP contribution is 2.32. The van der Waals surface area contributed by atoms with Crippen molar-refractivity contribution in [2.75, 3.05) is 0 Å². The fraction of sp³-hybridized carbons (Fsp3) is 0.269. The van der Waals surface area contributed by atoms with Gasteiger partial charge in [0.1, 0.15) is 17.9 Å². The molecule has 0 saturated heterocycles. The number of aromatic nitrogens is 2. The summed E-state index contributed by atoms with van der Waals surface area (Å²) in [6.45, 7) is 12.1. The van der Waals surface area contributed by atoms with Crippen molar-refractivity contribution in [1.29, 1.82) is 0 Å². The maximum Gasteiger partial charge on any atom is 0.147 e. The van der Waals surface area contributed by atoms with Crippen LogP contribution in [0.2, 0.25) is 0 Å². The van der Waals surface area contributed by atoms with Gasteiger partial charge in [-0.05, 0) is 56.9 Å². The molecule has 2 aromatic carbocycles. The van der Waals surface area contributed by atoms with E-state index in [0.29, 0.717) is 6.61 Å². The summed E-state index contributed by atoms with van der Waals surface area (Å²) in [6.07, 6.45) is 1.85. The lowest BCUT2D eigenvalue weighted by Gasteiger charge is -2.14. The summed E-state index contributed by atoms with van der Waals surface area (Å²) in [5.41, 5.74) is 10.9. The topological polar surface area (TPSA) is 27.1 Å². The summed E-state index contributed by atoms with van der Waals surface area (Å²) in [6, 6.07) is 17.1. The maximum absolute atomic E-state index is 6.30. The van der Waals surface area contributed by atoms with E-state index in [4.69, 9.17) is 4.74 Å². The van der Waals surface area contributed by atoms with E-state index in [1.807, 2.05) is 12.3 Å². The van der Waals surface area contributed by atoms with Crippen molar-refractivity contribution < 1.29 is 4.74 Å². The van der Waals surface area contributed by atoms with Gasteiger partial charge in [0.15, 0.2) is 0 Å². The van der Waals surface area contributed by atoms with Crippen LogP contribution in [0.1, 0.15) is 39.1 Å². The molecule has 0 aliphatic heterocycles. The molecule has 3 heteroatoms. The average molecular weight is 385 g/mol. The van der Waals surface area contributed by atoms with E-state index >= 15 is 0 Å². The molecule has 0 spiro atoms. The van der Waals surface area contributed by atoms with E-state index in [1.165, 1.54) is 39.1 Å². The van der Waals surface area contributed by atoms with Gasteiger partial charge >= 0.3 is 0 Å². The second kappa shape index (κ2) is 7.75. The Morgan fingerprint density at radius 2 is 1.69 bits per heavy atom. The SMILES string of the molecule is Cc1cccc(COc2ccnc3c(C)c(C)n(Cc4cc(C)ccc4C)c23)c1. The molecule has 0 aliphatic rings. The monoisotopic (exact) mass is 384 g/mol. The molecule has 2 heterocycles. The Labute approximate surface area is 173 Å². The van der Waals surface area contributed by atoms with E-state index in [1.54, 1.807) is 0 Å². The lowest BCUT2D eigenvalue weighted by atomic mass is 10.1. The standard InChI is InChI=1S/C26H28N2O/c1-17-7-6-8-22(13-17)16-29-24-11-12-27-25-20(4)21(5)28(26(24)25)15-23-14-18(2)9-10-19(23)3/h6-14H,15-16H2,1-5H3. The highest BCUT2D eigenvalue weighted by Gasteiger charge is 2.17. The second-order valence-corrected chi connectivity index (χ2v) is 8.01. The highest BCUT2D eigenvalue weighted by molar-refractivity contribution is 5.86. The zero-order valence-corrected chi connectivity index (χ0v) is 17.9. The Kier molecular flexibility index (Phi) is 5.14. The van der Waals surface area contributed by atoms with Gasteiger partial charge in [0.2, 0.25) is 0 Å². The number of rotatable bonds is 5. The molecule has 0 amide bonds. The normalized spacial score (nSPS) is 11.2. The summed E-state index contributed by atoms with van der Waals surface area (Å²) < 4.78 is 8.65. The van der Waals surface area contributed by atoms with Crippen LogP contribution in [0.15, 0.2) is 54.7 Å². The third kappa shape index (κ3) is 3.77. The van der Waals surface area contributed by atoms with E-state index in [2.05, 4.69) is 86.6 Å². The molecule has 2 aromatic heterocycles. The highest BCUT2D eigenvalue weighted by atomic mass is 16.5. The zero-order chi connectivity index (χ0) is 20.5. The van der Waals surface area contributed by atoms with Crippen LogP contribution in [-0.4, -0.2) is 9.55 Å². The van der Waals surface area contributed by atoms with Gasteiger partial charge in [-0.15, -0.1) is 0 Å². The van der Waals surface area contributed by atoms with Crippen LogP contribution in [0.3, 0.4) is 0 Å². The van der Waals surface area contributed by atoms with Crippen LogP contribution >= 0.6 is 0 Å². The molecule has 148 valence electrons. The Bertz CT molecular complexity index is 1190. The van der Waals surface area contributed by atoms with Crippen molar-refractivity contribution in [3.8, 4) is 5.75 Å². The van der Waals surface area contributed by atoms with Crippen molar-refractivity contribution in [2.24, 2.45) is 0 Å². The minimum atomic E-state index is 0.549. The quantitative estimate of drug-likeness (QED) is 0.409. The minimum absolute atomic E-state index is 0.549. The number of hydrogen-bond donors (Lipinski definition) is 0. The summed E-state index contributed by atoms with van der Waals surface area (Å²) in [7, 11) is 0. The Morgan fingerprint density at radius 3 is 2.48 bits per heavy atom. The molecule has 0 N–H and O–H groups in total. The van der Waals surface area contributed by atoms with Crippen molar-refractivity contribution in [3.63, 3.8) is 0 Å². The summed E-state index contributed by atoms with van der Waals surface area (Å²) in [5, 5.41) is 0. The zero-order valence-electron chi connectivity index (χ0n) is 17.9. The van der Waals surface area contributed by atoms with Gasteiger partial charge in [-0.2, -0.15) is 0 Å². The van der Waals surface area contributed by atoms with Crippen LogP contribution in [0.4, 0.5) is 0 Å². The van der Waals surface area contributed by atoms with Gasteiger partial charge in [-0.25, -0.2) is 0 Å². The summed E-state index contributed by atoms with van der Waals surface area (Å²) in [4.78, 5) is 4.67. The number of aryl methyl sites for hydroxylation is 4. The van der Waals surface area contributed by atoms with Crippen molar-refractivity contribution in [3.05, 3.63) is 93.8 Å². The predicted molar refractivity (Wildman–Crippen MR) is 120 cm³/mol. The van der Waals surface area contributed by atoms with Gasteiger partial charge in [0.05, 0.1) is 5.52 Å². The number of hydrogen-bond acceptors (Lipinski definition) is 2. The third-order valence-corrected chi connectivity index (χ3v) is 5.77. The van der Waals surface area contributed by atoms with Gasteiger partial charge in [0, 0.05) is 24.5 Å². The second-order valence-electron chi connectivity index (χ2n) is 8.01. The number of ether oxygens (including phenoxy) is 1. The lowest BCUT2D eigenvalue weighted by Crippen LogP contribution is -2.06. The molecule has 0 atom stereocenters. The first kappa shape index (κ1) is 19.3. The average Bonchev–Trinajstić information content (AvgIpc) is 2.95.